The summed E-state index contributed by atoms with van der Waals surface area (Å²) in [5.74, 6) is 0. The van der Waals surface area contributed by atoms with Gasteiger partial charge in [-0.2, -0.15) is 36.4 Å². The van der Waals surface area contributed by atoms with Crippen LogP contribution in [0.5, 0.6) is 0 Å². The first-order valence-electron chi connectivity index (χ1n) is 9.35. The monoisotopic (exact) mass is 643 g/mol. The van der Waals surface area contributed by atoms with Crippen LogP contribution in [0.15, 0.2) is 85.1 Å². The summed E-state index contributed by atoms with van der Waals surface area (Å²) in [5, 5.41) is 0. The molecule has 0 bridgehead atoms. The van der Waals surface area contributed by atoms with Gasteiger partial charge in [0.15, 0.2) is 0 Å². The quantitative estimate of drug-likeness (QED) is 0.223. The third-order valence-corrected chi connectivity index (χ3v) is 2.36. The molecule has 0 spiro atoms. The van der Waals surface area contributed by atoms with Crippen molar-refractivity contribution in [1.82, 2.24) is 4.98 Å². The van der Waals surface area contributed by atoms with Crippen molar-refractivity contribution in [2.75, 3.05) is 14.4 Å². The fourth-order valence-electron chi connectivity index (χ4n) is 1.32. The van der Waals surface area contributed by atoms with E-state index in [-0.39, 0.29) is 49.8 Å². The van der Waals surface area contributed by atoms with Crippen molar-refractivity contribution in [1.29, 1.82) is 0 Å². The van der Waals surface area contributed by atoms with Gasteiger partial charge < -0.3 is 29.7 Å². The number of alkyl halides is 2. The number of hydrogen-bond acceptors (Lipinski definition) is 1. The number of aromatic nitrogens is 1. The zero-order chi connectivity index (χ0) is 22.5. The van der Waals surface area contributed by atoms with Gasteiger partial charge in [-0.25, -0.2) is 0 Å². The molecule has 33 heavy (non-hydrogen) atoms. The topological polar surface area (TPSA) is 12.9 Å². The van der Waals surface area contributed by atoms with Crippen LogP contribution in [0, 0.1) is 49.6 Å². The maximum Gasteiger partial charge on any atom is 0.0785 e. The van der Waals surface area contributed by atoms with Crippen LogP contribution in [0.4, 0.5) is 8.78 Å². The van der Waals surface area contributed by atoms with Crippen molar-refractivity contribution in [2.24, 2.45) is 0 Å². The minimum atomic E-state index is 0. The van der Waals surface area contributed by atoms with Crippen LogP contribution in [-0.2, 0) is 20.1 Å². The van der Waals surface area contributed by atoms with E-state index >= 15 is 0 Å². The first-order chi connectivity index (χ1) is 13.8. The molecule has 0 aliphatic rings. The fourth-order valence-corrected chi connectivity index (χ4v) is 1.32. The van der Waals surface area contributed by atoms with Gasteiger partial charge in [0.2, 0.25) is 0 Å². The van der Waals surface area contributed by atoms with E-state index in [2.05, 4.69) is 30.1 Å². The van der Waals surface area contributed by atoms with E-state index < -0.39 is 0 Å². The predicted molar refractivity (Wildman–Crippen MR) is 148 cm³/mol. The molecular weight excluding hydrogens is 593 g/mol. The summed E-state index contributed by atoms with van der Waals surface area (Å²) >= 11 is 0. The SMILES string of the molecule is CC.CC.CF.CF.Cc1ccccc1.Cc1ccccn1.[CH3-].[CH3-].[CH3-].[CH3-].[Ir].[c-]1ccccc1. The van der Waals surface area contributed by atoms with Crippen molar-refractivity contribution >= 4 is 0 Å². The Balaban J connectivity index is -0.0000000305. The summed E-state index contributed by atoms with van der Waals surface area (Å²) < 4.78 is 19.0. The Morgan fingerprint density at radius 2 is 0.939 bits per heavy atom. The molecule has 0 aliphatic carbocycles. The average molecular weight is 643 g/mol. The Morgan fingerprint density at radius 3 is 1.09 bits per heavy atom. The van der Waals surface area contributed by atoms with Gasteiger partial charge in [0.05, 0.1) is 14.4 Å². The molecule has 4 heteroatoms. The Bertz CT molecular complexity index is 486. The molecule has 3 aromatic rings. The molecule has 1 radical (unpaired) electrons. The van der Waals surface area contributed by atoms with Crippen LogP contribution in [0.1, 0.15) is 39.0 Å². The predicted octanol–water partition coefficient (Wildman–Crippen LogP) is 9.89. The van der Waals surface area contributed by atoms with Crippen LogP contribution >= 0.6 is 0 Å². The summed E-state index contributed by atoms with van der Waals surface area (Å²) in [5.41, 5.74) is 2.39. The fraction of sp³-hybridized carbons (Fsp3) is 0.276. The van der Waals surface area contributed by atoms with Crippen LogP contribution in [0.25, 0.3) is 0 Å². The van der Waals surface area contributed by atoms with Crippen molar-refractivity contribution < 1.29 is 28.9 Å². The van der Waals surface area contributed by atoms with Crippen LogP contribution in [-0.4, -0.2) is 19.3 Å². The van der Waals surface area contributed by atoms with E-state index in [1.54, 1.807) is 6.20 Å². The van der Waals surface area contributed by atoms with Crippen molar-refractivity contribution in [2.45, 2.75) is 41.5 Å². The van der Waals surface area contributed by atoms with E-state index in [1.165, 1.54) is 5.56 Å². The van der Waals surface area contributed by atoms with E-state index in [4.69, 9.17) is 0 Å². The second-order valence-corrected chi connectivity index (χ2v) is 4.20. The minimum Gasteiger partial charge on any atom is -0.358 e. The molecule has 0 atom stereocenters. The Kier molecular flexibility index (Phi) is 110. The van der Waals surface area contributed by atoms with Gasteiger partial charge in [-0.3, -0.25) is 13.8 Å². The molecule has 0 saturated heterocycles. The second-order valence-electron chi connectivity index (χ2n) is 4.20. The molecule has 0 unspecified atom stereocenters. The summed E-state index contributed by atoms with van der Waals surface area (Å²) in [7, 11) is 1.00. The zero-order valence-corrected chi connectivity index (χ0v) is 25.5. The summed E-state index contributed by atoms with van der Waals surface area (Å²) in [6.07, 6.45) is 1.79. The Morgan fingerprint density at radius 1 is 0.576 bits per heavy atom. The van der Waals surface area contributed by atoms with Gasteiger partial charge in [-0.05, 0) is 26.0 Å². The zero-order valence-electron chi connectivity index (χ0n) is 23.1. The molecule has 0 amide bonds. The number of aryl methyl sites for hydroxylation is 2. The molecule has 199 valence electrons. The average Bonchev–Trinajstić information content (AvgIpc) is 2.82. The van der Waals surface area contributed by atoms with Gasteiger partial charge in [-0.15, -0.1) is 0 Å². The number of nitrogens with zero attached hydrogens (tertiary/aromatic N) is 1. The molecule has 2 aromatic carbocycles. The minimum absolute atomic E-state index is 0. The molecule has 1 aromatic heterocycles. The van der Waals surface area contributed by atoms with Crippen LogP contribution in [0.2, 0.25) is 0 Å². The molecular formula is C29H50F2IrN-5. The first kappa shape index (κ1) is 57.7. The third kappa shape index (κ3) is 58.8. The van der Waals surface area contributed by atoms with Gasteiger partial charge in [0.25, 0.3) is 0 Å². The Hall–Kier alpha value is -1.90. The number of halogens is 2. The standard InChI is InChI=1S/C7H8.C6H7N.C6H5.2C2H6.2CH3F.4CH3.Ir/c1-7-5-3-2-4-6-7;1-6-4-2-3-5-7-6;1-2-4-6-5-3-1;4*1-2;;;;;/h2-6H,1H3;2-5H,1H3;1-5H;2*1-2H3;2*1H3;4*1H3;/q;;-1;;;;;4*-1;. The maximum atomic E-state index is 9.50. The number of benzene rings is 2. The number of rotatable bonds is 0. The summed E-state index contributed by atoms with van der Waals surface area (Å²) in [4.78, 5) is 3.98. The van der Waals surface area contributed by atoms with E-state index in [9.17, 15) is 8.78 Å². The van der Waals surface area contributed by atoms with Crippen molar-refractivity contribution in [3.05, 3.63) is 132 Å². The van der Waals surface area contributed by atoms with E-state index in [0.29, 0.717) is 14.4 Å². The molecule has 0 saturated carbocycles. The third-order valence-electron chi connectivity index (χ3n) is 2.36. The van der Waals surface area contributed by atoms with E-state index in [1.807, 2.05) is 101 Å². The van der Waals surface area contributed by atoms with Gasteiger partial charge in [0.1, 0.15) is 0 Å². The summed E-state index contributed by atoms with van der Waals surface area (Å²) in [6, 6.07) is 28.6. The number of hydrogen-bond donors (Lipinski definition) is 0. The van der Waals surface area contributed by atoms with Crippen LogP contribution < -0.4 is 0 Å². The van der Waals surface area contributed by atoms with Crippen LogP contribution in [0.3, 0.4) is 0 Å². The number of pyridine rings is 1. The smallest absolute Gasteiger partial charge is 0.0785 e. The van der Waals surface area contributed by atoms with Gasteiger partial charge in [0, 0.05) is 32.0 Å². The second kappa shape index (κ2) is 63.1. The van der Waals surface area contributed by atoms with Crippen molar-refractivity contribution in [3.8, 4) is 0 Å². The maximum absolute atomic E-state index is 9.50. The molecule has 1 nitrogen and oxygen atoms in total. The molecule has 0 fully saturated rings. The summed E-state index contributed by atoms with van der Waals surface area (Å²) in [6.45, 7) is 12.1. The molecule has 0 N–H and O–H groups in total. The molecule has 3 rings (SSSR count). The van der Waals surface area contributed by atoms with Gasteiger partial charge in [-0.1, -0.05) is 69.7 Å². The van der Waals surface area contributed by atoms with Gasteiger partial charge >= 0.3 is 0 Å². The molecule has 1 heterocycles. The van der Waals surface area contributed by atoms with E-state index in [0.717, 1.165) is 5.69 Å². The molecule has 0 aliphatic heterocycles. The van der Waals surface area contributed by atoms with Crippen molar-refractivity contribution in [3.63, 3.8) is 0 Å². The largest absolute Gasteiger partial charge is 0.358 e. The Labute approximate surface area is 221 Å². The normalized spacial score (nSPS) is 5.88. The first-order valence-corrected chi connectivity index (χ1v) is 9.35.